The van der Waals surface area contributed by atoms with Crippen molar-refractivity contribution < 1.29 is 0 Å². The lowest BCUT2D eigenvalue weighted by molar-refractivity contribution is 0.310. The van der Waals surface area contributed by atoms with Gasteiger partial charge in [-0.05, 0) is 32.2 Å². The predicted octanol–water partition coefficient (Wildman–Crippen LogP) is 1.64. The van der Waals surface area contributed by atoms with Crippen molar-refractivity contribution in [2.24, 2.45) is 5.92 Å². The standard InChI is InChI=1S/C12H19N3S/c1-9-14-11(8-16-9)6-15-5-10-3-2-4-13-12(10)7-15/h8,10,12-13H,2-7H2,1H3. The molecule has 2 aliphatic rings. The minimum Gasteiger partial charge on any atom is -0.312 e. The highest BCUT2D eigenvalue weighted by Crippen LogP contribution is 2.26. The van der Waals surface area contributed by atoms with Crippen LogP contribution in [0.2, 0.25) is 0 Å². The summed E-state index contributed by atoms with van der Waals surface area (Å²) in [5.41, 5.74) is 1.25. The van der Waals surface area contributed by atoms with Gasteiger partial charge in [-0.15, -0.1) is 11.3 Å². The first kappa shape index (κ1) is 10.7. The van der Waals surface area contributed by atoms with Crippen LogP contribution in [0.25, 0.3) is 0 Å². The average Bonchev–Trinajstić information content (AvgIpc) is 2.84. The Balaban J connectivity index is 1.61. The van der Waals surface area contributed by atoms with Crippen LogP contribution in [-0.2, 0) is 6.54 Å². The highest BCUT2D eigenvalue weighted by atomic mass is 32.1. The van der Waals surface area contributed by atoms with Gasteiger partial charge in [-0.25, -0.2) is 4.98 Å². The van der Waals surface area contributed by atoms with E-state index in [1.807, 2.05) is 0 Å². The molecule has 3 nitrogen and oxygen atoms in total. The van der Waals surface area contributed by atoms with Crippen LogP contribution in [0, 0.1) is 12.8 Å². The zero-order chi connectivity index (χ0) is 11.0. The molecule has 4 heteroatoms. The molecule has 0 aliphatic carbocycles. The number of hydrogen-bond acceptors (Lipinski definition) is 4. The van der Waals surface area contributed by atoms with Gasteiger partial charge in [0.2, 0.25) is 0 Å². The highest BCUT2D eigenvalue weighted by molar-refractivity contribution is 7.09. The summed E-state index contributed by atoms with van der Waals surface area (Å²) in [7, 11) is 0. The first-order valence-corrected chi connectivity index (χ1v) is 7.06. The molecule has 0 spiro atoms. The molecule has 2 aliphatic heterocycles. The van der Waals surface area contributed by atoms with Gasteiger partial charge < -0.3 is 5.32 Å². The number of rotatable bonds is 2. The molecule has 88 valence electrons. The van der Waals surface area contributed by atoms with Gasteiger partial charge in [-0.1, -0.05) is 0 Å². The van der Waals surface area contributed by atoms with E-state index in [2.05, 4.69) is 27.5 Å². The highest BCUT2D eigenvalue weighted by Gasteiger charge is 2.34. The fourth-order valence-electron chi connectivity index (χ4n) is 2.98. The molecule has 0 saturated carbocycles. The van der Waals surface area contributed by atoms with Gasteiger partial charge in [0, 0.05) is 31.1 Å². The average molecular weight is 237 g/mol. The van der Waals surface area contributed by atoms with Crippen LogP contribution in [0.4, 0.5) is 0 Å². The van der Waals surface area contributed by atoms with E-state index in [0.29, 0.717) is 0 Å². The van der Waals surface area contributed by atoms with E-state index < -0.39 is 0 Å². The lowest BCUT2D eigenvalue weighted by atomic mass is 9.94. The van der Waals surface area contributed by atoms with Crippen molar-refractivity contribution in [2.75, 3.05) is 19.6 Å². The molecule has 3 heterocycles. The van der Waals surface area contributed by atoms with Gasteiger partial charge in [0.15, 0.2) is 0 Å². The number of aryl methyl sites for hydroxylation is 1. The van der Waals surface area contributed by atoms with Crippen molar-refractivity contribution in [2.45, 2.75) is 32.4 Å². The van der Waals surface area contributed by atoms with Crippen LogP contribution in [-0.4, -0.2) is 35.6 Å². The van der Waals surface area contributed by atoms with Crippen LogP contribution in [0.1, 0.15) is 23.5 Å². The van der Waals surface area contributed by atoms with Gasteiger partial charge in [-0.2, -0.15) is 0 Å². The van der Waals surface area contributed by atoms with E-state index in [4.69, 9.17) is 0 Å². The first-order valence-electron chi connectivity index (χ1n) is 6.18. The molecule has 2 atom stereocenters. The lowest BCUT2D eigenvalue weighted by Gasteiger charge is -2.24. The van der Waals surface area contributed by atoms with E-state index in [1.165, 1.54) is 43.2 Å². The maximum atomic E-state index is 4.55. The van der Waals surface area contributed by atoms with Crippen LogP contribution < -0.4 is 5.32 Å². The van der Waals surface area contributed by atoms with Crippen molar-refractivity contribution in [3.8, 4) is 0 Å². The SMILES string of the molecule is Cc1nc(CN2CC3CCCNC3C2)cs1. The zero-order valence-corrected chi connectivity index (χ0v) is 10.6. The van der Waals surface area contributed by atoms with Gasteiger partial charge in [0.05, 0.1) is 10.7 Å². The van der Waals surface area contributed by atoms with Crippen LogP contribution in [0.5, 0.6) is 0 Å². The van der Waals surface area contributed by atoms with Crippen molar-refractivity contribution in [1.82, 2.24) is 15.2 Å². The molecule has 2 saturated heterocycles. The Bertz CT molecular complexity index is 349. The van der Waals surface area contributed by atoms with Gasteiger partial charge in [-0.3, -0.25) is 4.90 Å². The second-order valence-corrected chi connectivity index (χ2v) is 6.08. The summed E-state index contributed by atoms with van der Waals surface area (Å²) in [6.45, 7) is 6.80. The van der Waals surface area contributed by atoms with Crippen molar-refractivity contribution >= 4 is 11.3 Å². The normalized spacial score (nSPS) is 30.6. The van der Waals surface area contributed by atoms with Crippen molar-refractivity contribution in [1.29, 1.82) is 0 Å². The maximum Gasteiger partial charge on any atom is 0.0897 e. The van der Waals surface area contributed by atoms with Crippen LogP contribution >= 0.6 is 11.3 Å². The second kappa shape index (κ2) is 4.43. The summed E-state index contributed by atoms with van der Waals surface area (Å²) >= 11 is 1.76. The number of nitrogens with one attached hydrogen (secondary N) is 1. The predicted molar refractivity (Wildman–Crippen MR) is 66.6 cm³/mol. The topological polar surface area (TPSA) is 28.2 Å². The van der Waals surface area contributed by atoms with E-state index in [-0.39, 0.29) is 0 Å². The summed E-state index contributed by atoms with van der Waals surface area (Å²) < 4.78 is 0. The van der Waals surface area contributed by atoms with Crippen molar-refractivity contribution in [3.05, 3.63) is 16.1 Å². The molecule has 16 heavy (non-hydrogen) atoms. The summed E-state index contributed by atoms with van der Waals surface area (Å²) in [6, 6.07) is 0.744. The van der Waals surface area contributed by atoms with Gasteiger partial charge in [0.1, 0.15) is 0 Å². The van der Waals surface area contributed by atoms with Crippen LogP contribution in [0.15, 0.2) is 5.38 Å². The molecular weight excluding hydrogens is 218 g/mol. The number of hydrogen-bond donors (Lipinski definition) is 1. The third-order valence-electron chi connectivity index (χ3n) is 3.73. The molecular formula is C12H19N3S. The number of thiazole rings is 1. The maximum absolute atomic E-state index is 4.55. The van der Waals surface area contributed by atoms with E-state index in [0.717, 1.165) is 18.5 Å². The monoisotopic (exact) mass is 237 g/mol. The molecule has 1 N–H and O–H groups in total. The summed E-state index contributed by atoms with van der Waals surface area (Å²) in [5, 5.41) is 7.03. The Labute approximate surface area is 101 Å². The van der Waals surface area contributed by atoms with E-state index in [9.17, 15) is 0 Å². The Morgan fingerprint density at radius 1 is 1.56 bits per heavy atom. The fourth-order valence-corrected chi connectivity index (χ4v) is 3.58. The molecule has 1 aromatic heterocycles. The van der Waals surface area contributed by atoms with Gasteiger partial charge >= 0.3 is 0 Å². The Kier molecular flexibility index (Phi) is 2.96. The number of nitrogens with zero attached hydrogens (tertiary/aromatic N) is 2. The summed E-state index contributed by atoms with van der Waals surface area (Å²) in [6.07, 6.45) is 2.76. The molecule has 2 fully saturated rings. The van der Waals surface area contributed by atoms with Crippen LogP contribution in [0.3, 0.4) is 0 Å². The fraction of sp³-hybridized carbons (Fsp3) is 0.750. The van der Waals surface area contributed by atoms with Crippen molar-refractivity contribution in [3.63, 3.8) is 0 Å². The summed E-state index contributed by atoms with van der Waals surface area (Å²) in [5.74, 6) is 0.883. The Hall–Kier alpha value is -0.450. The third kappa shape index (κ3) is 2.14. The first-order chi connectivity index (χ1) is 7.81. The molecule has 0 aromatic carbocycles. The number of aromatic nitrogens is 1. The number of piperidine rings is 1. The van der Waals surface area contributed by atoms with Gasteiger partial charge in [0.25, 0.3) is 0 Å². The smallest absolute Gasteiger partial charge is 0.0897 e. The zero-order valence-electron chi connectivity index (χ0n) is 9.78. The molecule has 0 radical (unpaired) electrons. The lowest BCUT2D eigenvalue weighted by Crippen LogP contribution is -2.40. The Morgan fingerprint density at radius 2 is 2.50 bits per heavy atom. The van der Waals surface area contributed by atoms with E-state index in [1.54, 1.807) is 11.3 Å². The Morgan fingerprint density at radius 3 is 3.25 bits per heavy atom. The largest absolute Gasteiger partial charge is 0.312 e. The quantitative estimate of drug-likeness (QED) is 0.847. The molecule has 2 unspecified atom stereocenters. The third-order valence-corrected chi connectivity index (χ3v) is 4.55. The molecule has 0 amide bonds. The summed E-state index contributed by atoms with van der Waals surface area (Å²) in [4.78, 5) is 7.11. The minimum absolute atomic E-state index is 0.744. The molecule has 3 rings (SSSR count). The second-order valence-electron chi connectivity index (χ2n) is 5.01. The minimum atomic E-state index is 0.744. The number of likely N-dealkylation sites (tertiary alicyclic amines) is 1. The molecule has 0 bridgehead atoms. The van der Waals surface area contributed by atoms with E-state index >= 15 is 0 Å². The molecule has 1 aromatic rings. The number of fused-ring (bicyclic) bond motifs is 1.